The number of nitrogens with zero attached hydrogens (tertiary/aromatic N) is 1. The van der Waals surface area contributed by atoms with E-state index in [9.17, 15) is 14.7 Å². The first kappa shape index (κ1) is 15.1. The van der Waals surface area contributed by atoms with Crippen LogP contribution in [0.25, 0.3) is 0 Å². The Kier molecular flexibility index (Phi) is 3.31. The molecule has 1 aromatic rings. The van der Waals surface area contributed by atoms with Crippen LogP contribution in [0.4, 0.5) is 0 Å². The number of carboxylic acid groups (broad SMARTS) is 1. The molecule has 0 spiro atoms. The number of amides is 1. The van der Waals surface area contributed by atoms with E-state index in [1.807, 2.05) is 17.0 Å². The van der Waals surface area contributed by atoms with Crippen LogP contribution >= 0.6 is 0 Å². The van der Waals surface area contributed by atoms with Crippen LogP contribution in [0, 0.1) is 11.3 Å². The molecule has 0 bridgehead atoms. The number of hydrogen-bond acceptors (Lipinski definition) is 6. The fourth-order valence-electron chi connectivity index (χ4n) is 3.83. The molecule has 1 aromatic carbocycles. The Morgan fingerprint density at radius 3 is 3.04 bits per heavy atom. The molecule has 0 radical (unpaired) electrons. The van der Waals surface area contributed by atoms with Crippen molar-refractivity contribution < 1.29 is 28.9 Å². The lowest BCUT2D eigenvalue weighted by Crippen LogP contribution is -2.40. The number of aliphatic carboxylic acids is 1. The lowest BCUT2D eigenvalue weighted by Gasteiger charge is -2.22. The number of carboxylic acids is 1. The Morgan fingerprint density at radius 2 is 2.33 bits per heavy atom. The Morgan fingerprint density at radius 1 is 1.50 bits per heavy atom. The minimum Gasteiger partial charge on any atom is -0.493 e. The summed E-state index contributed by atoms with van der Waals surface area (Å²) in [6.45, 7) is 1.62. The summed E-state index contributed by atoms with van der Waals surface area (Å²) in [7, 11) is 1.56. The largest absolute Gasteiger partial charge is 0.493 e. The Labute approximate surface area is 138 Å². The Hall–Kier alpha value is -2.48. The predicted octanol–water partition coefficient (Wildman–Crippen LogP) is 0.0565. The van der Waals surface area contributed by atoms with Crippen molar-refractivity contribution >= 4 is 11.9 Å². The third kappa shape index (κ3) is 2.10. The third-order valence-corrected chi connectivity index (χ3v) is 5.06. The van der Waals surface area contributed by atoms with Crippen molar-refractivity contribution in [2.45, 2.75) is 6.54 Å². The quantitative estimate of drug-likeness (QED) is 0.803. The molecule has 2 N–H and O–H groups in total. The molecule has 8 nitrogen and oxygen atoms in total. The number of likely N-dealkylation sites (tertiary alicyclic amines) is 1. The zero-order valence-corrected chi connectivity index (χ0v) is 13.2. The second-order valence-corrected chi connectivity index (χ2v) is 6.43. The maximum atomic E-state index is 12.0. The normalized spacial score (nSPS) is 27.9. The van der Waals surface area contributed by atoms with Crippen LogP contribution in [0.1, 0.15) is 5.56 Å². The van der Waals surface area contributed by atoms with Crippen molar-refractivity contribution in [1.29, 1.82) is 0 Å². The highest BCUT2D eigenvalue weighted by molar-refractivity contribution is 5.92. The molecule has 0 saturated carbocycles. The van der Waals surface area contributed by atoms with Gasteiger partial charge in [-0.15, -0.1) is 0 Å². The van der Waals surface area contributed by atoms with Gasteiger partial charge in [-0.25, -0.2) is 0 Å². The van der Waals surface area contributed by atoms with Crippen LogP contribution in [0.3, 0.4) is 0 Å². The number of fused-ring (bicyclic) bond motifs is 2. The van der Waals surface area contributed by atoms with E-state index < -0.39 is 17.3 Å². The summed E-state index contributed by atoms with van der Waals surface area (Å²) in [6.07, 6.45) is 0. The number of hydrogen-bond donors (Lipinski definition) is 2. The number of nitrogens with one attached hydrogen (secondary N) is 1. The molecule has 4 rings (SSSR count). The molecule has 24 heavy (non-hydrogen) atoms. The molecule has 1 amide bonds. The molecule has 3 heterocycles. The van der Waals surface area contributed by atoms with E-state index in [2.05, 4.69) is 5.32 Å². The van der Waals surface area contributed by atoms with Crippen LogP contribution in [0.15, 0.2) is 12.1 Å². The van der Waals surface area contributed by atoms with Crippen molar-refractivity contribution in [3.05, 3.63) is 17.7 Å². The molecule has 2 fully saturated rings. The van der Waals surface area contributed by atoms with E-state index in [-0.39, 0.29) is 19.2 Å². The van der Waals surface area contributed by atoms with Gasteiger partial charge in [0.25, 0.3) is 0 Å². The van der Waals surface area contributed by atoms with E-state index >= 15 is 0 Å². The van der Waals surface area contributed by atoms with E-state index in [0.29, 0.717) is 36.9 Å². The van der Waals surface area contributed by atoms with Gasteiger partial charge in [-0.2, -0.15) is 0 Å². The molecule has 0 aromatic heterocycles. The van der Waals surface area contributed by atoms with Gasteiger partial charge in [-0.1, -0.05) is 0 Å². The summed E-state index contributed by atoms with van der Waals surface area (Å²) in [4.78, 5) is 25.7. The molecular weight excluding hydrogens is 316 g/mol. The van der Waals surface area contributed by atoms with E-state index in [1.165, 1.54) is 0 Å². The van der Waals surface area contributed by atoms with Gasteiger partial charge >= 0.3 is 5.97 Å². The number of ether oxygens (including phenoxy) is 3. The van der Waals surface area contributed by atoms with E-state index in [1.54, 1.807) is 7.11 Å². The molecule has 3 aliphatic heterocycles. The van der Waals surface area contributed by atoms with Gasteiger partial charge < -0.3 is 24.6 Å². The van der Waals surface area contributed by atoms with Crippen molar-refractivity contribution in [3.8, 4) is 17.2 Å². The number of rotatable bonds is 4. The number of methoxy groups -OCH3 is 1. The van der Waals surface area contributed by atoms with Gasteiger partial charge in [0.15, 0.2) is 11.5 Å². The molecule has 3 aliphatic rings. The second kappa shape index (κ2) is 5.27. The molecule has 8 heteroatoms. The molecule has 2 atom stereocenters. The summed E-state index contributed by atoms with van der Waals surface area (Å²) in [5.41, 5.74) is -0.102. The molecule has 2 saturated heterocycles. The predicted molar refractivity (Wildman–Crippen MR) is 81.0 cm³/mol. The van der Waals surface area contributed by atoms with Gasteiger partial charge in [-0.05, 0) is 17.7 Å². The summed E-state index contributed by atoms with van der Waals surface area (Å²) < 4.78 is 16.1. The Balaban J connectivity index is 1.57. The van der Waals surface area contributed by atoms with Gasteiger partial charge in [0.05, 0.1) is 13.0 Å². The standard InChI is InChI=1S/C16H18N2O6/c1-22-11-2-9(3-12-13(11)24-8-23-12)4-18-5-10-14(19)17-6-16(10,7-18)15(20)21/h2-3,10H,4-8H2,1H3,(H,17,19)(H,20,21)/t10-,16+/m0/s1. The van der Waals surface area contributed by atoms with Crippen LogP contribution in [-0.2, 0) is 16.1 Å². The molecule has 128 valence electrons. The van der Waals surface area contributed by atoms with Crippen molar-refractivity contribution in [2.75, 3.05) is 33.5 Å². The van der Waals surface area contributed by atoms with Gasteiger partial charge in [-0.3, -0.25) is 14.5 Å². The monoisotopic (exact) mass is 334 g/mol. The van der Waals surface area contributed by atoms with Crippen LogP contribution in [-0.4, -0.2) is 55.4 Å². The average molecular weight is 334 g/mol. The summed E-state index contributed by atoms with van der Waals surface area (Å²) in [6, 6.07) is 3.72. The van der Waals surface area contributed by atoms with E-state index in [4.69, 9.17) is 14.2 Å². The fourth-order valence-corrected chi connectivity index (χ4v) is 3.83. The van der Waals surface area contributed by atoms with Crippen LogP contribution in [0.2, 0.25) is 0 Å². The Bertz CT molecular complexity index is 721. The SMILES string of the molecule is COc1cc(CN2C[C@H]3C(=O)NC[C@@]3(C(=O)O)C2)cc2c1OCO2. The van der Waals surface area contributed by atoms with Crippen molar-refractivity contribution in [2.24, 2.45) is 11.3 Å². The lowest BCUT2D eigenvalue weighted by atomic mass is 9.81. The average Bonchev–Trinajstić information content (AvgIpc) is 3.23. The number of carbonyl (C=O) groups is 2. The first-order valence-corrected chi connectivity index (χ1v) is 7.73. The van der Waals surface area contributed by atoms with Gasteiger partial charge in [0.2, 0.25) is 18.4 Å². The van der Waals surface area contributed by atoms with Crippen molar-refractivity contribution in [1.82, 2.24) is 10.2 Å². The second-order valence-electron chi connectivity index (χ2n) is 6.43. The number of benzene rings is 1. The third-order valence-electron chi connectivity index (χ3n) is 5.06. The van der Waals surface area contributed by atoms with Crippen molar-refractivity contribution in [3.63, 3.8) is 0 Å². The van der Waals surface area contributed by atoms with Gasteiger partial charge in [0.1, 0.15) is 5.41 Å². The summed E-state index contributed by atoms with van der Waals surface area (Å²) in [5.74, 6) is 0.186. The smallest absolute Gasteiger partial charge is 0.313 e. The number of carbonyl (C=O) groups excluding carboxylic acids is 1. The lowest BCUT2D eigenvalue weighted by molar-refractivity contribution is -0.149. The maximum absolute atomic E-state index is 12.0. The highest BCUT2D eigenvalue weighted by atomic mass is 16.7. The van der Waals surface area contributed by atoms with E-state index in [0.717, 1.165) is 5.56 Å². The minimum absolute atomic E-state index is 0.156. The summed E-state index contributed by atoms with van der Waals surface area (Å²) in [5, 5.41) is 12.3. The molecular formula is C16H18N2O6. The first-order valence-electron chi connectivity index (χ1n) is 7.73. The maximum Gasteiger partial charge on any atom is 0.313 e. The molecule has 0 unspecified atom stereocenters. The van der Waals surface area contributed by atoms with Crippen LogP contribution in [0.5, 0.6) is 17.2 Å². The topological polar surface area (TPSA) is 97.3 Å². The zero-order valence-electron chi connectivity index (χ0n) is 13.2. The first-order chi connectivity index (χ1) is 11.5. The highest BCUT2D eigenvalue weighted by Crippen LogP contribution is 2.44. The highest BCUT2D eigenvalue weighted by Gasteiger charge is 2.59. The van der Waals surface area contributed by atoms with Gasteiger partial charge in [0, 0.05) is 26.2 Å². The summed E-state index contributed by atoms with van der Waals surface area (Å²) >= 11 is 0. The minimum atomic E-state index is -1.03. The molecule has 0 aliphatic carbocycles. The fraction of sp³-hybridized carbons (Fsp3) is 0.500. The van der Waals surface area contributed by atoms with Crippen LogP contribution < -0.4 is 19.5 Å². The zero-order chi connectivity index (χ0) is 16.9.